The van der Waals surface area contributed by atoms with Crippen LogP contribution in [-0.4, -0.2) is 6.08 Å². The lowest BCUT2D eigenvalue weighted by atomic mass is 9.83. The van der Waals surface area contributed by atoms with E-state index in [2.05, 4.69) is 30.1 Å². The third-order valence-electron chi connectivity index (χ3n) is 3.15. The van der Waals surface area contributed by atoms with Crippen LogP contribution in [0.1, 0.15) is 42.4 Å². The number of nitrogens with zero attached hydrogens (tertiary/aromatic N) is 1. The van der Waals surface area contributed by atoms with E-state index in [0.29, 0.717) is 12.5 Å². The predicted octanol–water partition coefficient (Wildman–Crippen LogP) is 2.96. The van der Waals surface area contributed by atoms with Crippen LogP contribution >= 0.6 is 0 Å². The van der Waals surface area contributed by atoms with Gasteiger partial charge in [-0.05, 0) is 41.9 Å². The number of carbonyl (C=O) groups excluding carboxylic acids is 1. The molecular weight excluding hydrogens is 186 g/mol. The Labute approximate surface area is 90.0 Å². The summed E-state index contributed by atoms with van der Waals surface area (Å²) in [5.74, 6) is 0.647. The van der Waals surface area contributed by atoms with E-state index in [-0.39, 0.29) is 0 Å². The Morgan fingerprint density at radius 1 is 1.53 bits per heavy atom. The van der Waals surface area contributed by atoms with Gasteiger partial charge in [-0.1, -0.05) is 25.1 Å². The van der Waals surface area contributed by atoms with Gasteiger partial charge in [-0.15, -0.1) is 0 Å². The average Bonchev–Trinajstić information content (AvgIpc) is 2.27. The summed E-state index contributed by atoms with van der Waals surface area (Å²) < 4.78 is 0. The van der Waals surface area contributed by atoms with Crippen molar-refractivity contribution in [2.45, 2.75) is 38.6 Å². The zero-order valence-corrected chi connectivity index (χ0v) is 8.99. The Hall–Kier alpha value is -1.40. The smallest absolute Gasteiger partial charge is 0.211 e. The van der Waals surface area contributed by atoms with E-state index >= 15 is 0 Å². The van der Waals surface area contributed by atoms with Gasteiger partial charge in [-0.2, -0.15) is 0 Å². The van der Waals surface area contributed by atoms with Gasteiger partial charge < -0.3 is 0 Å². The molecule has 1 aliphatic carbocycles. The second-order valence-corrected chi connectivity index (χ2v) is 4.23. The quantitative estimate of drug-likeness (QED) is 0.534. The minimum Gasteiger partial charge on any atom is -0.211 e. The maximum Gasteiger partial charge on any atom is 0.235 e. The minimum absolute atomic E-state index is 0.462. The average molecular weight is 201 g/mol. The number of hydrogen-bond acceptors (Lipinski definition) is 2. The van der Waals surface area contributed by atoms with E-state index in [0.717, 1.165) is 5.56 Å². The van der Waals surface area contributed by atoms with Crippen molar-refractivity contribution in [3.63, 3.8) is 0 Å². The first-order valence-electron chi connectivity index (χ1n) is 5.46. The lowest BCUT2D eigenvalue weighted by Gasteiger charge is -2.22. The second-order valence-electron chi connectivity index (χ2n) is 4.23. The highest BCUT2D eigenvalue weighted by molar-refractivity contribution is 5.38. The van der Waals surface area contributed by atoms with Crippen LogP contribution in [0, 0.1) is 0 Å². The molecule has 0 aliphatic heterocycles. The van der Waals surface area contributed by atoms with Crippen LogP contribution in [0.25, 0.3) is 0 Å². The van der Waals surface area contributed by atoms with Gasteiger partial charge in [-0.3, -0.25) is 0 Å². The van der Waals surface area contributed by atoms with Gasteiger partial charge in [-0.25, -0.2) is 9.79 Å². The maximum atomic E-state index is 10.0. The summed E-state index contributed by atoms with van der Waals surface area (Å²) in [4.78, 5) is 13.7. The minimum atomic E-state index is 0.462. The zero-order valence-electron chi connectivity index (χ0n) is 8.99. The summed E-state index contributed by atoms with van der Waals surface area (Å²) >= 11 is 0. The van der Waals surface area contributed by atoms with Crippen molar-refractivity contribution in [1.82, 2.24) is 0 Å². The van der Waals surface area contributed by atoms with Gasteiger partial charge in [0.2, 0.25) is 6.08 Å². The van der Waals surface area contributed by atoms with Crippen LogP contribution in [0.2, 0.25) is 0 Å². The molecule has 1 aliphatic rings. The maximum absolute atomic E-state index is 10.0. The van der Waals surface area contributed by atoms with Gasteiger partial charge in [0.1, 0.15) is 0 Å². The molecule has 0 aromatic heterocycles. The van der Waals surface area contributed by atoms with Crippen molar-refractivity contribution in [1.29, 1.82) is 0 Å². The van der Waals surface area contributed by atoms with Gasteiger partial charge in [0.25, 0.3) is 0 Å². The summed E-state index contributed by atoms with van der Waals surface area (Å²) in [6, 6.07) is 6.44. The van der Waals surface area contributed by atoms with E-state index in [4.69, 9.17) is 0 Å². The number of hydrogen-bond donors (Lipinski definition) is 0. The first-order chi connectivity index (χ1) is 7.31. The van der Waals surface area contributed by atoms with Crippen LogP contribution in [0.4, 0.5) is 0 Å². The summed E-state index contributed by atoms with van der Waals surface area (Å²) in [7, 11) is 0. The van der Waals surface area contributed by atoms with Crippen LogP contribution < -0.4 is 0 Å². The molecule has 0 spiro atoms. The number of isocyanates is 1. The van der Waals surface area contributed by atoms with Crippen molar-refractivity contribution in [2.75, 3.05) is 0 Å². The van der Waals surface area contributed by atoms with Crippen LogP contribution in [0.5, 0.6) is 0 Å². The number of aliphatic imine (C=N–C) groups is 1. The molecule has 2 heteroatoms. The normalized spacial score (nSPS) is 19.1. The van der Waals surface area contributed by atoms with Crippen LogP contribution in [-0.2, 0) is 17.8 Å². The highest BCUT2D eigenvalue weighted by Gasteiger charge is 2.16. The van der Waals surface area contributed by atoms with Gasteiger partial charge in [0, 0.05) is 0 Å². The fraction of sp³-hybridized carbons (Fsp3) is 0.462. The fourth-order valence-corrected chi connectivity index (χ4v) is 2.31. The number of aryl methyl sites for hydroxylation is 1. The molecule has 0 saturated carbocycles. The first kappa shape index (κ1) is 10.1. The van der Waals surface area contributed by atoms with Crippen molar-refractivity contribution in [3.05, 3.63) is 34.9 Å². The Balaban J connectivity index is 2.30. The van der Waals surface area contributed by atoms with Crippen molar-refractivity contribution >= 4 is 6.08 Å². The first-order valence-corrected chi connectivity index (χ1v) is 5.46. The van der Waals surface area contributed by atoms with Crippen LogP contribution in [0.15, 0.2) is 23.2 Å². The summed E-state index contributed by atoms with van der Waals surface area (Å²) in [5.41, 5.74) is 4.03. The number of rotatable bonds is 2. The molecule has 2 nitrogen and oxygen atoms in total. The van der Waals surface area contributed by atoms with Gasteiger partial charge in [0.05, 0.1) is 6.54 Å². The topological polar surface area (TPSA) is 29.4 Å². The fourth-order valence-electron chi connectivity index (χ4n) is 2.31. The Morgan fingerprint density at radius 2 is 2.40 bits per heavy atom. The number of fused-ring (bicyclic) bond motifs is 1. The SMILES string of the molecule is CC1CCCc2ccc(CN=C=O)cc21. The zero-order chi connectivity index (χ0) is 10.7. The van der Waals surface area contributed by atoms with E-state index < -0.39 is 0 Å². The molecular formula is C13H15NO. The molecule has 0 amide bonds. The molecule has 0 heterocycles. The molecule has 1 aromatic carbocycles. The van der Waals surface area contributed by atoms with Crippen LogP contribution in [0.3, 0.4) is 0 Å². The van der Waals surface area contributed by atoms with Crippen molar-refractivity contribution in [3.8, 4) is 0 Å². The van der Waals surface area contributed by atoms with E-state index in [1.165, 1.54) is 30.4 Å². The molecule has 0 bridgehead atoms. The Kier molecular flexibility index (Phi) is 2.98. The van der Waals surface area contributed by atoms with E-state index in [9.17, 15) is 4.79 Å². The Bertz CT molecular complexity index is 405. The van der Waals surface area contributed by atoms with Gasteiger partial charge in [0.15, 0.2) is 0 Å². The molecule has 1 unspecified atom stereocenters. The molecule has 0 saturated heterocycles. The summed E-state index contributed by atoms with van der Waals surface area (Å²) in [6.07, 6.45) is 5.34. The van der Waals surface area contributed by atoms with E-state index in [1.807, 2.05) is 0 Å². The molecule has 0 fully saturated rings. The largest absolute Gasteiger partial charge is 0.235 e. The third kappa shape index (κ3) is 2.16. The Morgan fingerprint density at radius 3 is 3.20 bits per heavy atom. The van der Waals surface area contributed by atoms with Crippen molar-refractivity contribution in [2.24, 2.45) is 4.99 Å². The monoisotopic (exact) mass is 201 g/mol. The summed E-state index contributed by atoms with van der Waals surface area (Å²) in [6.45, 7) is 2.73. The third-order valence-corrected chi connectivity index (χ3v) is 3.15. The second kappa shape index (κ2) is 4.41. The molecule has 1 atom stereocenters. The number of benzene rings is 1. The molecule has 78 valence electrons. The van der Waals surface area contributed by atoms with E-state index in [1.54, 1.807) is 6.08 Å². The lowest BCUT2D eigenvalue weighted by Crippen LogP contribution is -2.07. The standard InChI is InChI=1S/C13H15NO/c1-10-3-2-4-12-6-5-11(7-13(10)12)8-14-9-15/h5-7,10H,2-4,8H2,1H3. The van der Waals surface area contributed by atoms with Gasteiger partial charge >= 0.3 is 0 Å². The highest BCUT2D eigenvalue weighted by atomic mass is 16.1. The predicted molar refractivity (Wildman–Crippen MR) is 59.6 cm³/mol. The molecule has 0 radical (unpaired) electrons. The molecule has 1 aromatic rings. The molecule has 15 heavy (non-hydrogen) atoms. The molecule has 2 rings (SSSR count). The highest BCUT2D eigenvalue weighted by Crippen LogP contribution is 2.31. The lowest BCUT2D eigenvalue weighted by molar-refractivity contribution is 0.562. The van der Waals surface area contributed by atoms with Crippen molar-refractivity contribution < 1.29 is 4.79 Å². The molecule has 0 N–H and O–H groups in total. The summed E-state index contributed by atoms with van der Waals surface area (Å²) in [5, 5.41) is 0.